The van der Waals surface area contributed by atoms with E-state index in [9.17, 15) is 9.18 Å². The first kappa shape index (κ1) is 19.3. The number of nitrogens with one attached hydrogen (secondary N) is 1. The number of aromatic nitrogens is 3. The largest absolute Gasteiger partial charge is 0.454 e. The lowest BCUT2D eigenvalue weighted by molar-refractivity contribution is -0.120. The van der Waals surface area contributed by atoms with E-state index in [4.69, 9.17) is 9.47 Å². The number of ether oxygens (including phenoxy) is 2. The molecule has 0 aliphatic carbocycles. The maximum atomic E-state index is 13.2. The highest BCUT2D eigenvalue weighted by atomic mass is 32.2. The normalized spacial score (nSPS) is 12.2. The highest BCUT2D eigenvalue weighted by Crippen LogP contribution is 2.32. The molecular weight excluding hydrogens is 395 g/mol. The monoisotopic (exact) mass is 414 g/mol. The molecule has 150 valence electrons. The van der Waals surface area contributed by atoms with E-state index in [1.807, 2.05) is 23.0 Å². The van der Waals surface area contributed by atoms with Gasteiger partial charge in [-0.25, -0.2) is 4.39 Å². The molecule has 29 heavy (non-hydrogen) atoms. The third kappa shape index (κ3) is 4.34. The quantitative estimate of drug-likeness (QED) is 0.599. The van der Waals surface area contributed by atoms with Gasteiger partial charge in [-0.05, 0) is 48.2 Å². The first-order chi connectivity index (χ1) is 14.1. The van der Waals surface area contributed by atoms with Crippen LogP contribution in [0.1, 0.15) is 11.4 Å². The summed E-state index contributed by atoms with van der Waals surface area (Å²) in [5.74, 6) is 1.65. The fourth-order valence-corrected chi connectivity index (χ4v) is 3.57. The van der Waals surface area contributed by atoms with E-state index in [2.05, 4.69) is 15.5 Å². The summed E-state index contributed by atoms with van der Waals surface area (Å²) >= 11 is 1.45. The van der Waals surface area contributed by atoms with E-state index < -0.39 is 0 Å². The van der Waals surface area contributed by atoms with Crippen LogP contribution in [0.3, 0.4) is 0 Å². The van der Waals surface area contributed by atoms with Crippen molar-refractivity contribution < 1.29 is 18.7 Å². The molecule has 3 aromatic rings. The molecule has 1 aliphatic rings. The number of hydrogen-bond donors (Lipinski definition) is 1. The van der Waals surface area contributed by atoms with Gasteiger partial charge in [0.15, 0.2) is 16.7 Å². The molecule has 1 aliphatic heterocycles. The number of hydrogen-bond acceptors (Lipinski definition) is 6. The molecule has 1 aromatic heterocycles. The number of thioether (sulfide) groups is 1. The topological polar surface area (TPSA) is 78.3 Å². The van der Waals surface area contributed by atoms with E-state index in [1.54, 1.807) is 18.2 Å². The Morgan fingerprint density at radius 3 is 2.76 bits per heavy atom. The summed E-state index contributed by atoms with van der Waals surface area (Å²) in [6.45, 7) is 0.620. The Morgan fingerprint density at radius 2 is 1.97 bits per heavy atom. The Balaban J connectivity index is 1.37. The summed E-state index contributed by atoms with van der Waals surface area (Å²) in [4.78, 5) is 12.3. The molecule has 1 N–H and O–H groups in total. The van der Waals surface area contributed by atoms with Gasteiger partial charge in [-0.2, -0.15) is 0 Å². The standard InChI is InChI=1S/C20H19FN4O3S/c1-29-20-24-23-18(25(20)15-5-3-14(21)4-6-15)8-9-22-19(26)11-13-2-7-16-17(10-13)28-12-27-16/h2-7,10H,8-9,11-12H2,1H3,(H,22,26). The minimum absolute atomic E-state index is 0.0956. The van der Waals surface area contributed by atoms with E-state index in [-0.39, 0.29) is 24.9 Å². The van der Waals surface area contributed by atoms with Gasteiger partial charge >= 0.3 is 0 Å². The first-order valence-electron chi connectivity index (χ1n) is 9.03. The Hall–Kier alpha value is -3.07. The van der Waals surface area contributed by atoms with Gasteiger partial charge in [0, 0.05) is 18.7 Å². The number of fused-ring (bicyclic) bond motifs is 1. The maximum Gasteiger partial charge on any atom is 0.231 e. The third-order valence-electron chi connectivity index (χ3n) is 4.44. The molecule has 0 atom stereocenters. The number of rotatable bonds is 7. The van der Waals surface area contributed by atoms with Crippen LogP contribution in [0, 0.1) is 5.82 Å². The minimum Gasteiger partial charge on any atom is -0.454 e. The second-order valence-corrected chi connectivity index (χ2v) is 7.15. The predicted molar refractivity (Wildman–Crippen MR) is 106 cm³/mol. The highest BCUT2D eigenvalue weighted by molar-refractivity contribution is 7.98. The van der Waals surface area contributed by atoms with Crippen LogP contribution in [0.2, 0.25) is 0 Å². The van der Waals surface area contributed by atoms with Crippen LogP contribution >= 0.6 is 11.8 Å². The van der Waals surface area contributed by atoms with Crippen molar-refractivity contribution in [1.29, 1.82) is 0 Å². The summed E-state index contributed by atoms with van der Waals surface area (Å²) in [5, 5.41) is 12.0. The van der Waals surface area contributed by atoms with Crippen LogP contribution in [0.5, 0.6) is 11.5 Å². The third-order valence-corrected chi connectivity index (χ3v) is 5.07. The lowest BCUT2D eigenvalue weighted by Crippen LogP contribution is -2.27. The lowest BCUT2D eigenvalue weighted by atomic mass is 10.1. The molecule has 9 heteroatoms. The molecule has 0 spiro atoms. The molecule has 4 rings (SSSR count). The fourth-order valence-electron chi connectivity index (χ4n) is 3.06. The smallest absolute Gasteiger partial charge is 0.231 e. The fraction of sp³-hybridized carbons (Fsp3) is 0.250. The Labute approximate surface area is 171 Å². The average molecular weight is 414 g/mol. The van der Waals surface area contributed by atoms with E-state index in [0.717, 1.165) is 11.3 Å². The van der Waals surface area contributed by atoms with Gasteiger partial charge in [-0.15, -0.1) is 10.2 Å². The molecule has 1 amide bonds. The van der Waals surface area contributed by atoms with Crippen molar-refractivity contribution in [3.8, 4) is 17.2 Å². The molecular formula is C20H19FN4O3S. The number of nitrogens with zero attached hydrogens (tertiary/aromatic N) is 3. The zero-order chi connectivity index (χ0) is 20.2. The molecule has 7 nitrogen and oxygen atoms in total. The molecule has 2 heterocycles. The number of halogens is 1. The molecule has 0 saturated carbocycles. The van der Waals surface area contributed by atoms with Crippen molar-refractivity contribution >= 4 is 17.7 Å². The summed E-state index contributed by atoms with van der Waals surface area (Å²) in [7, 11) is 0. The van der Waals surface area contributed by atoms with Gasteiger partial charge in [0.05, 0.1) is 6.42 Å². The molecule has 0 bridgehead atoms. The van der Waals surface area contributed by atoms with Crippen molar-refractivity contribution in [1.82, 2.24) is 20.1 Å². The molecule has 0 unspecified atom stereocenters. The van der Waals surface area contributed by atoms with Crippen LogP contribution in [-0.4, -0.2) is 40.3 Å². The van der Waals surface area contributed by atoms with Crippen molar-refractivity contribution in [3.05, 3.63) is 59.7 Å². The second kappa shape index (κ2) is 8.52. The lowest BCUT2D eigenvalue weighted by Gasteiger charge is -2.10. The van der Waals surface area contributed by atoms with Crippen LogP contribution in [0.4, 0.5) is 4.39 Å². The molecule has 2 aromatic carbocycles. The van der Waals surface area contributed by atoms with Gasteiger partial charge in [-0.1, -0.05) is 17.8 Å². The summed E-state index contributed by atoms with van der Waals surface area (Å²) in [5.41, 5.74) is 1.63. The zero-order valence-corrected chi connectivity index (χ0v) is 16.5. The minimum atomic E-state index is -0.301. The van der Waals surface area contributed by atoms with Crippen LogP contribution in [0.25, 0.3) is 5.69 Å². The Bertz CT molecular complexity index is 1020. The summed E-state index contributed by atoms with van der Waals surface area (Å²) in [6.07, 6.45) is 2.65. The first-order valence-corrected chi connectivity index (χ1v) is 10.3. The summed E-state index contributed by atoms with van der Waals surface area (Å²) in [6, 6.07) is 11.6. The van der Waals surface area contributed by atoms with E-state index in [0.29, 0.717) is 35.4 Å². The second-order valence-electron chi connectivity index (χ2n) is 6.38. The van der Waals surface area contributed by atoms with Crippen molar-refractivity contribution in [2.45, 2.75) is 18.0 Å². The number of carbonyl (C=O) groups excluding carboxylic acids is 1. The van der Waals surface area contributed by atoms with Crippen molar-refractivity contribution in [3.63, 3.8) is 0 Å². The van der Waals surface area contributed by atoms with Gasteiger partial charge in [-0.3, -0.25) is 9.36 Å². The SMILES string of the molecule is CSc1nnc(CCNC(=O)Cc2ccc3c(c2)OCO3)n1-c1ccc(F)cc1. The summed E-state index contributed by atoms with van der Waals surface area (Å²) < 4.78 is 25.7. The number of amides is 1. The predicted octanol–water partition coefficient (Wildman–Crippen LogP) is 2.76. The number of carbonyl (C=O) groups is 1. The molecule has 0 fully saturated rings. The van der Waals surface area contributed by atoms with Gasteiger partial charge in [0.25, 0.3) is 0 Å². The van der Waals surface area contributed by atoms with Gasteiger partial charge < -0.3 is 14.8 Å². The molecule has 0 saturated heterocycles. The maximum absolute atomic E-state index is 13.2. The van der Waals surface area contributed by atoms with Crippen LogP contribution in [0.15, 0.2) is 47.6 Å². The highest BCUT2D eigenvalue weighted by Gasteiger charge is 2.16. The Morgan fingerprint density at radius 1 is 1.17 bits per heavy atom. The van der Waals surface area contributed by atoms with Gasteiger partial charge in [0.1, 0.15) is 11.6 Å². The van der Waals surface area contributed by atoms with Crippen molar-refractivity contribution in [2.24, 2.45) is 0 Å². The van der Waals surface area contributed by atoms with Gasteiger partial charge in [0.2, 0.25) is 12.7 Å². The van der Waals surface area contributed by atoms with Crippen LogP contribution in [-0.2, 0) is 17.6 Å². The Kier molecular flexibility index (Phi) is 5.66. The zero-order valence-electron chi connectivity index (χ0n) is 15.7. The molecule has 0 radical (unpaired) electrons. The average Bonchev–Trinajstić information content (AvgIpc) is 3.35. The van der Waals surface area contributed by atoms with E-state index in [1.165, 1.54) is 23.9 Å². The van der Waals surface area contributed by atoms with E-state index >= 15 is 0 Å². The number of benzene rings is 2. The van der Waals surface area contributed by atoms with Crippen LogP contribution < -0.4 is 14.8 Å². The van der Waals surface area contributed by atoms with Crippen molar-refractivity contribution in [2.75, 3.05) is 19.6 Å².